The molecule has 0 bridgehead atoms. The molecule has 3 rings (SSSR count). The maximum absolute atomic E-state index is 10.8. The van der Waals surface area contributed by atoms with E-state index >= 15 is 0 Å². The molecule has 0 radical (unpaired) electrons. The van der Waals surface area contributed by atoms with Crippen molar-refractivity contribution in [2.75, 3.05) is 6.61 Å². The number of hydrogen-bond acceptors (Lipinski definition) is 7. The molecule has 1 heterocycles. The summed E-state index contributed by atoms with van der Waals surface area (Å²) in [5, 5.41) is 28.5. The Morgan fingerprint density at radius 3 is 2.83 bits per heavy atom. The molecular weight excluding hydrogens is 314 g/mol. The van der Waals surface area contributed by atoms with Gasteiger partial charge in [0, 0.05) is 12.1 Å². The number of aromatic nitrogens is 2. The van der Waals surface area contributed by atoms with E-state index in [1.807, 2.05) is 0 Å². The molecule has 0 aliphatic rings. The SMILES string of the molecule is O=[N+]([O-])c1cccc(C(O)COc2ccccc2-c2nnco2)c1. The van der Waals surface area contributed by atoms with Crippen molar-refractivity contribution in [2.45, 2.75) is 6.10 Å². The zero-order valence-electron chi connectivity index (χ0n) is 12.4. The van der Waals surface area contributed by atoms with Crippen LogP contribution in [-0.4, -0.2) is 26.8 Å². The normalized spacial score (nSPS) is 11.9. The summed E-state index contributed by atoms with van der Waals surface area (Å²) in [4.78, 5) is 10.3. The van der Waals surface area contributed by atoms with Gasteiger partial charge in [-0.05, 0) is 17.7 Å². The second-order valence-corrected chi connectivity index (χ2v) is 4.92. The lowest BCUT2D eigenvalue weighted by molar-refractivity contribution is -0.385. The van der Waals surface area contributed by atoms with Gasteiger partial charge in [0.2, 0.25) is 6.39 Å². The number of non-ortho nitro benzene ring substituents is 1. The van der Waals surface area contributed by atoms with Crippen LogP contribution >= 0.6 is 0 Å². The molecular formula is C16H13N3O5. The molecule has 0 fully saturated rings. The van der Waals surface area contributed by atoms with Gasteiger partial charge >= 0.3 is 0 Å². The minimum atomic E-state index is -1.01. The van der Waals surface area contributed by atoms with E-state index in [9.17, 15) is 15.2 Å². The van der Waals surface area contributed by atoms with E-state index in [1.54, 1.807) is 30.3 Å². The first kappa shape index (κ1) is 15.6. The first-order chi connectivity index (χ1) is 11.6. The molecule has 0 aliphatic carbocycles. The first-order valence-electron chi connectivity index (χ1n) is 7.06. The minimum Gasteiger partial charge on any atom is -0.490 e. The summed E-state index contributed by atoms with van der Waals surface area (Å²) in [6.45, 7) is -0.0771. The van der Waals surface area contributed by atoms with Gasteiger partial charge in [0.15, 0.2) is 0 Å². The summed E-state index contributed by atoms with van der Waals surface area (Å²) in [6, 6.07) is 12.8. The molecule has 8 nitrogen and oxygen atoms in total. The van der Waals surface area contributed by atoms with Crippen LogP contribution in [0.4, 0.5) is 5.69 Å². The van der Waals surface area contributed by atoms with Gasteiger partial charge in [0.1, 0.15) is 18.5 Å². The van der Waals surface area contributed by atoms with Gasteiger partial charge in [-0.3, -0.25) is 10.1 Å². The monoisotopic (exact) mass is 327 g/mol. The summed E-state index contributed by atoms with van der Waals surface area (Å²) >= 11 is 0. The Kier molecular flexibility index (Phi) is 4.48. The van der Waals surface area contributed by atoms with Gasteiger partial charge in [-0.15, -0.1) is 10.2 Å². The standard InChI is InChI=1S/C16H13N3O5/c20-14(11-4-3-5-12(8-11)19(21)22)9-23-15-7-2-1-6-13(15)16-18-17-10-24-16/h1-8,10,14,20H,9H2. The van der Waals surface area contributed by atoms with Crippen LogP contribution < -0.4 is 4.74 Å². The zero-order chi connectivity index (χ0) is 16.9. The maximum atomic E-state index is 10.8. The predicted octanol–water partition coefficient (Wildman–Crippen LogP) is 2.76. The van der Waals surface area contributed by atoms with E-state index in [4.69, 9.17) is 9.15 Å². The molecule has 1 atom stereocenters. The summed E-state index contributed by atoms with van der Waals surface area (Å²) in [7, 11) is 0. The lowest BCUT2D eigenvalue weighted by atomic mass is 10.1. The molecule has 8 heteroatoms. The van der Waals surface area contributed by atoms with Gasteiger partial charge in [0.05, 0.1) is 10.5 Å². The van der Waals surface area contributed by atoms with Crippen molar-refractivity contribution in [3.8, 4) is 17.2 Å². The third kappa shape index (κ3) is 3.39. The molecule has 0 spiro atoms. The van der Waals surface area contributed by atoms with E-state index in [1.165, 1.54) is 24.6 Å². The topological polar surface area (TPSA) is 112 Å². The number of nitro groups is 1. The molecule has 1 aromatic heterocycles. The van der Waals surface area contributed by atoms with E-state index in [0.717, 1.165) is 0 Å². The summed E-state index contributed by atoms with van der Waals surface area (Å²) < 4.78 is 10.8. The fourth-order valence-electron chi connectivity index (χ4n) is 2.17. The van der Waals surface area contributed by atoms with Crippen LogP contribution in [0.2, 0.25) is 0 Å². The van der Waals surface area contributed by atoms with Crippen LogP contribution in [0.3, 0.4) is 0 Å². The van der Waals surface area contributed by atoms with Gasteiger partial charge < -0.3 is 14.3 Å². The Labute approximate surface area is 136 Å². The van der Waals surface area contributed by atoms with Gasteiger partial charge in [-0.2, -0.15) is 0 Å². The van der Waals surface area contributed by atoms with Gasteiger partial charge in [-0.25, -0.2) is 0 Å². The summed E-state index contributed by atoms with van der Waals surface area (Å²) in [5.74, 6) is 0.765. The Hall–Kier alpha value is -3.26. The van der Waals surface area contributed by atoms with Crippen LogP contribution in [0.15, 0.2) is 59.3 Å². The quantitative estimate of drug-likeness (QED) is 0.547. The predicted molar refractivity (Wildman–Crippen MR) is 83.3 cm³/mol. The van der Waals surface area contributed by atoms with Gasteiger partial charge in [-0.1, -0.05) is 24.3 Å². The van der Waals surface area contributed by atoms with Crippen LogP contribution in [0, 0.1) is 10.1 Å². The Morgan fingerprint density at radius 1 is 1.25 bits per heavy atom. The lowest BCUT2D eigenvalue weighted by Gasteiger charge is -2.14. The highest BCUT2D eigenvalue weighted by molar-refractivity contribution is 5.62. The molecule has 0 aliphatic heterocycles. The number of para-hydroxylation sites is 1. The Bertz CT molecular complexity index is 835. The number of aliphatic hydroxyl groups excluding tert-OH is 1. The van der Waals surface area contributed by atoms with Crippen LogP contribution in [0.5, 0.6) is 5.75 Å². The highest BCUT2D eigenvalue weighted by Crippen LogP contribution is 2.29. The third-order valence-corrected chi connectivity index (χ3v) is 3.34. The average molecular weight is 327 g/mol. The van der Waals surface area contributed by atoms with E-state index in [2.05, 4.69) is 10.2 Å². The summed E-state index contributed by atoms with van der Waals surface area (Å²) in [6.07, 6.45) is 0.199. The smallest absolute Gasteiger partial charge is 0.269 e. The zero-order valence-corrected chi connectivity index (χ0v) is 12.4. The van der Waals surface area contributed by atoms with Crippen molar-refractivity contribution in [1.29, 1.82) is 0 Å². The third-order valence-electron chi connectivity index (χ3n) is 3.34. The van der Waals surface area contributed by atoms with Crippen LogP contribution in [0.1, 0.15) is 11.7 Å². The number of rotatable bonds is 6. The first-order valence-corrected chi connectivity index (χ1v) is 7.06. The van der Waals surface area contributed by atoms with Crippen molar-refractivity contribution in [3.05, 3.63) is 70.6 Å². The fourth-order valence-corrected chi connectivity index (χ4v) is 2.17. The highest BCUT2D eigenvalue weighted by Gasteiger charge is 2.15. The van der Waals surface area contributed by atoms with E-state index in [-0.39, 0.29) is 12.3 Å². The molecule has 1 N–H and O–H groups in total. The molecule has 0 amide bonds. The van der Waals surface area contributed by atoms with Crippen molar-refractivity contribution < 1.29 is 19.2 Å². The molecule has 122 valence electrons. The van der Waals surface area contributed by atoms with Crippen molar-refractivity contribution in [3.63, 3.8) is 0 Å². The molecule has 0 saturated carbocycles. The van der Waals surface area contributed by atoms with Gasteiger partial charge in [0.25, 0.3) is 11.6 Å². The van der Waals surface area contributed by atoms with Crippen molar-refractivity contribution >= 4 is 5.69 Å². The number of nitro benzene ring substituents is 1. The Balaban J connectivity index is 1.74. The van der Waals surface area contributed by atoms with E-state index in [0.29, 0.717) is 22.8 Å². The minimum absolute atomic E-state index is 0.0771. The highest BCUT2D eigenvalue weighted by atomic mass is 16.6. The van der Waals surface area contributed by atoms with Crippen molar-refractivity contribution in [1.82, 2.24) is 10.2 Å². The van der Waals surface area contributed by atoms with E-state index < -0.39 is 11.0 Å². The van der Waals surface area contributed by atoms with Crippen LogP contribution in [0.25, 0.3) is 11.5 Å². The summed E-state index contributed by atoms with van der Waals surface area (Å²) in [5.41, 5.74) is 0.915. The molecule has 2 aromatic carbocycles. The Morgan fingerprint density at radius 2 is 2.08 bits per heavy atom. The largest absolute Gasteiger partial charge is 0.490 e. The average Bonchev–Trinajstić information content (AvgIpc) is 3.14. The second kappa shape index (κ2) is 6.88. The molecule has 1 unspecified atom stereocenters. The van der Waals surface area contributed by atoms with Crippen LogP contribution in [-0.2, 0) is 0 Å². The maximum Gasteiger partial charge on any atom is 0.269 e. The van der Waals surface area contributed by atoms with Crippen molar-refractivity contribution in [2.24, 2.45) is 0 Å². The lowest BCUT2D eigenvalue weighted by Crippen LogP contribution is -2.10. The molecule has 3 aromatic rings. The number of benzene rings is 2. The molecule has 24 heavy (non-hydrogen) atoms. The number of nitrogens with zero attached hydrogens (tertiary/aromatic N) is 3. The number of ether oxygens (including phenoxy) is 1. The fraction of sp³-hybridized carbons (Fsp3) is 0.125. The second-order valence-electron chi connectivity index (χ2n) is 4.92. The molecule has 0 saturated heterocycles. The number of hydrogen-bond donors (Lipinski definition) is 1. The number of aliphatic hydroxyl groups is 1.